The molecule has 1 aliphatic rings. The molecule has 76 valence electrons. The smallest absolute Gasteiger partial charge is 0.313 e. The molecular formula is C9H16O3S. The minimum atomic E-state index is -0.439. The Kier molecular flexibility index (Phi) is 3.62. The van der Waals surface area contributed by atoms with Crippen LogP contribution in [-0.4, -0.2) is 30.4 Å². The van der Waals surface area contributed by atoms with Crippen molar-refractivity contribution in [2.24, 2.45) is 5.41 Å². The Morgan fingerprint density at radius 1 is 1.54 bits per heavy atom. The molecule has 1 unspecified atom stereocenters. The number of thioether (sulfide) groups is 1. The molecule has 0 amide bonds. The molecule has 0 aromatic carbocycles. The Morgan fingerprint density at radius 3 is 2.69 bits per heavy atom. The third kappa shape index (κ3) is 3.56. The second kappa shape index (κ2) is 4.33. The summed E-state index contributed by atoms with van der Waals surface area (Å²) in [5, 5.41) is 0. The Morgan fingerprint density at radius 2 is 2.23 bits per heavy atom. The highest BCUT2D eigenvalue weighted by atomic mass is 32.2. The molecule has 0 aromatic heterocycles. The Balaban J connectivity index is 2.35. The zero-order chi connectivity index (χ0) is 9.90. The summed E-state index contributed by atoms with van der Waals surface area (Å²) in [6, 6.07) is 0. The van der Waals surface area contributed by atoms with E-state index in [4.69, 9.17) is 9.47 Å². The van der Waals surface area contributed by atoms with Gasteiger partial charge in [0.15, 0.2) is 0 Å². The number of carbonyl (C=O) groups excluding carboxylic acids is 1. The molecular weight excluding hydrogens is 188 g/mol. The van der Waals surface area contributed by atoms with Gasteiger partial charge in [0, 0.05) is 5.75 Å². The zero-order valence-electron chi connectivity index (χ0n) is 8.33. The van der Waals surface area contributed by atoms with Gasteiger partial charge in [-0.05, 0) is 20.8 Å². The van der Waals surface area contributed by atoms with E-state index in [1.165, 1.54) is 0 Å². The van der Waals surface area contributed by atoms with Gasteiger partial charge in [-0.25, -0.2) is 0 Å². The van der Waals surface area contributed by atoms with Gasteiger partial charge in [-0.1, -0.05) is 0 Å². The first-order valence-corrected chi connectivity index (χ1v) is 5.56. The van der Waals surface area contributed by atoms with Gasteiger partial charge in [0.05, 0.1) is 17.8 Å². The minimum Gasteiger partial charge on any atom is -0.434 e. The van der Waals surface area contributed by atoms with Crippen LogP contribution in [0.1, 0.15) is 20.8 Å². The molecule has 0 aromatic rings. The van der Waals surface area contributed by atoms with Crippen LogP contribution in [0, 0.1) is 5.41 Å². The number of hydrogen-bond acceptors (Lipinski definition) is 4. The quantitative estimate of drug-likeness (QED) is 0.609. The van der Waals surface area contributed by atoms with E-state index in [9.17, 15) is 4.79 Å². The molecule has 1 atom stereocenters. The van der Waals surface area contributed by atoms with Crippen molar-refractivity contribution in [3.05, 3.63) is 0 Å². The molecule has 3 nitrogen and oxygen atoms in total. The number of carbonyl (C=O) groups is 1. The van der Waals surface area contributed by atoms with Crippen molar-refractivity contribution in [3.63, 3.8) is 0 Å². The molecule has 1 saturated heterocycles. The summed E-state index contributed by atoms with van der Waals surface area (Å²) in [7, 11) is 0. The van der Waals surface area contributed by atoms with Gasteiger partial charge >= 0.3 is 5.97 Å². The van der Waals surface area contributed by atoms with Crippen LogP contribution in [0.25, 0.3) is 0 Å². The predicted molar refractivity (Wildman–Crippen MR) is 52.6 cm³/mol. The van der Waals surface area contributed by atoms with E-state index < -0.39 is 5.41 Å². The van der Waals surface area contributed by atoms with Gasteiger partial charge in [-0.3, -0.25) is 4.79 Å². The Hall–Kier alpha value is -0.220. The second-order valence-corrected chi connectivity index (χ2v) is 5.18. The fraction of sp³-hybridized carbons (Fsp3) is 0.889. The summed E-state index contributed by atoms with van der Waals surface area (Å²) in [6.45, 7) is 6.19. The maximum Gasteiger partial charge on any atom is 0.313 e. The molecule has 1 aliphatic heterocycles. The van der Waals surface area contributed by atoms with Crippen molar-refractivity contribution in [1.82, 2.24) is 0 Å². The average molecular weight is 204 g/mol. The summed E-state index contributed by atoms with van der Waals surface area (Å²) in [4.78, 5) is 11.4. The first kappa shape index (κ1) is 10.9. The van der Waals surface area contributed by atoms with Crippen molar-refractivity contribution in [2.75, 3.05) is 18.1 Å². The van der Waals surface area contributed by atoms with E-state index in [1.807, 2.05) is 20.8 Å². The highest BCUT2D eigenvalue weighted by Gasteiger charge is 2.27. The molecule has 1 heterocycles. The third-order valence-corrected chi connectivity index (χ3v) is 2.60. The van der Waals surface area contributed by atoms with Gasteiger partial charge in [0.1, 0.15) is 0 Å². The maximum atomic E-state index is 11.4. The van der Waals surface area contributed by atoms with Gasteiger partial charge in [0.25, 0.3) is 0 Å². The molecule has 4 heteroatoms. The van der Waals surface area contributed by atoms with Gasteiger partial charge in [-0.15, -0.1) is 0 Å². The van der Waals surface area contributed by atoms with Crippen LogP contribution >= 0.6 is 11.8 Å². The largest absolute Gasteiger partial charge is 0.434 e. The lowest BCUT2D eigenvalue weighted by molar-refractivity contribution is -0.182. The topological polar surface area (TPSA) is 35.5 Å². The summed E-state index contributed by atoms with van der Waals surface area (Å²) in [6.07, 6.45) is -0.342. The Bertz CT molecular complexity index is 180. The van der Waals surface area contributed by atoms with Crippen molar-refractivity contribution in [2.45, 2.75) is 27.1 Å². The Labute approximate surface area is 83.2 Å². The normalized spacial score (nSPS) is 24.1. The fourth-order valence-corrected chi connectivity index (χ4v) is 1.57. The van der Waals surface area contributed by atoms with E-state index in [0.717, 1.165) is 11.5 Å². The van der Waals surface area contributed by atoms with Crippen LogP contribution in [0.15, 0.2) is 0 Å². The summed E-state index contributed by atoms with van der Waals surface area (Å²) < 4.78 is 10.5. The minimum absolute atomic E-state index is 0.194. The van der Waals surface area contributed by atoms with E-state index in [1.54, 1.807) is 11.8 Å². The van der Waals surface area contributed by atoms with Crippen molar-refractivity contribution < 1.29 is 14.3 Å². The van der Waals surface area contributed by atoms with E-state index >= 15 is 0 Å². The predicted octanol–water partition coefficient (Wildman–Crippen LogP) is 1.67. The SMILES string of the molecule is CC(C)(C)C(=O)OC1CSCCO1. The molecule has 1 fully saturated rings. The molecule has 0 N–H and O–H groups in total. The monoisotopic (exact) mass is 204 g/mol. The van der Waals surface area contributed by atoms with Crippen molar-refractivity contribution in [3.8, 4) is 0 Å². The number of ether oxygens (including phenoxy) is 2. The van der Waals surface area contributed by atoms with Crippen LogP contribution in [0.4, 0.5) is 0 Å². The molecule has 0 aliphatic carbocycles. The van der Waals surface area contributed by atoms with Crippen molar-refractivity contribution >= 4 is 17.7 Å². The number of rotatable bonds is 1. The molecule has 0 radical (unpaired) electrons. The lowest BCUT2D eigenvalue weighted by atomic mass is 9.97. The second-order valence-electron chi connectivity index (χ2n) is 4.03. The molecule has 0 bridgehead atoms. The maximum absolute atomic E-state index is 11.4. The van der Waals surface area contributed by atoms with Crippen LogP contribution < -0.4 is 0 Å². The van der Waals surface area contributed by atoms with Gasteiger partial charge in [-0.2, -0.15) is 11.8 Å². The van der Waals surface area contributed by atoms with Crippen molar-refractivity contribution in [1.29, 1.82) is 0 Å². The standard InChI is InChI=1S/C9H16O3S/c1-9(2,3)8(10)12-7-6-13-5-4-11-7/h7H,4-6H2,1-3H3. The van der Waals surface area contributed by atoms with E-state index in [-0.39, 0.29) is 12.3 Å². The summed E-state index contributed by atoms with van der Waals surface area (Å²) in [5.74, 6) is 1.55. The molecule has 0 spiro atoms. The number of esters is 1. The van der Waals surface area contributed by atoms with E-state index in [2.05, 4.69) is 0 Å². The van der Waals surface area contributed by atoms with Gasteiger partial charge < -0.3 is 9.47 Å². The molecule has 0 saturated carbocycles. The van der Waals surface area contributed by atoms with Crippen LogP contribution in [0.2, 0.25) is 0 Å². The lowest BCUT2D eigenvalue weighted by Gasteiger charge is -2.25. The first-order valence-electron chi connectivity index (χ1n) is 4.40. The zero-order valence-corrected chi connectivity index (χ0v) is 9.15. The number of hydrogen-bond donors (Lipinski definition) is 0. The van der Waals surface area contributed by atoms with Crippen LogP contribution in [0.3, 0.4) is 0 Å². The van der Waals surface area contributed by atoms with Crippen LogP contribution in [0.5, 0.6) is 0 Å². The third-order valence-electron chi connectivity index (χ3n) is 1.64. The highest BCUT2D eigenvalue weighted by molar-refractivity contribution is 7.99. The lowest BCUT2D eigenvalue weighted by Crippen LogP contribution is -2.33. The first-order chi connectivity index (χ1) is 6.00. The summed E-state index contributed by atoms with van der Waals surface area (Å²) in [5.41, 5.74) is -0.439. The average Bonchev–Trinajstić information content (AvgIpc) is 2.04. The molecule has 1 rings (SSSR count). The van der Waals surface area contributed by atoms with E-state index in [0.29, 0.717) is 6.61 Å². The highest BCUT2D eigenvalue weighted by Crippen LogP contribution is 2.20. The van der Waals surface area contributed by atoms with Crippen LogP contribution in [-0.2, 0) is 14.3 Å². The molecule has 13 heavy (non-hydrogen) atoms. The van der Waals surface area contributed by atoms with Gasteiger partial charge in [0.2, 0.25) is 6.29 Å². The fourth-order valence-electron chi connectivity index (χ4n) is 0.830. The summed E-state index contributed by atoms with van der Waals surface area (Å²) >= 11 is 1.75.